The van der Waals surface area contributed by atoms with Gasteiger partial charge in [-0.1, -0.05) is 20.3 Å². The molecule has 0 spiro atoms. The van der Waals surface area contributed by atoms with Crippen LogP contribution in [0.3, 0.4) is 0 Å². The Morgan fingerprint density at radius 1 is 1.48 bits per heavy atom. The Morgan fingerprint density at radius 2 is 2.33 bits per heavy atom. The van der Waals surface area contributed by atoms with Gasteiger partial charge in [-0.2, -0.15) is 0 Å². The van der Waals surface area contributed by atoms with Crippen LogP contribution in [-0.2, 0) is 6.54 Å². The predicted molar refractivity (Wildman–Crippen MR) is 83.2 cm³/mol. The summed E-state index contributed by atoms with van der Waals surface area (Å²) in [7, 11) is 0. The molecule has 0 radical (unpaired) electrons. The van der Waals surface area contributed by atoms with Crippen molar-refractivity contribution in [3.8, 4) is 0 Å². The zero-order valence-electron chi connectivity index (χ0n) is 13.3. The molecule has 1 unspecified atom stereocenters. The third-order valence-electron chi connectivity index (χ3n) is 4.13. The van der Waals surface area contributed by atoms with Crippen molar-refractivity contribution in [1.29, 1.82) is 0 Å². The van der Waals surface area contributed by atoms with Crippen LogP contribution in [-0.4, -0.2) is 47.3 Å². The Bertz CT molecular complexity index is 406. The van der Waals surface area contributed by atoms with Gasteiger partial charge in [-0.25, -0.2) is 4.98 Å². The van der Waals surface area contributed by atoms with Gasteiger partial charge in [-0.15, -0.1) is 0 Å². The topological polar surface area (TPSA) is 61.5 Å². The number of oxazole rings is 1. The first-order valence-corrected chi connectivity index (χ1v) is 8.20. The number of aliphatic hydroxyl groups excluding tert-OH is 1. The quantitative estimate of drug-likeness (QED) is 0.719. The van der Waals surface area contributed by atoms with E-state index in [0.717, 1.165) is 50.6 Å². The molecule has 2 rings (SSSR count). The van der Waals surface area contributed by atoms with Gasteiger partial charge in [-0.05, 0) is 38.9 Å². The standard InChI is InChI=1S/C16H29N3O2/c1-13(2)16-18-14(12-21-16)10-17-7-5-9-19-8-4-3-6-15(19)11-20/h12-13,15,17,20H,3-11H2,1-2H3. The number of nitrogens with one attached hydrogen (secondary N) is 1. The molecule has 0 aromatic carbocycles. The van der Waals surface area contributed by atoms with Gasteiger partial charge in [0.15, 0.2) is 5.89 Å². The Hall–Kier alpha value is -0.910. The van der Waals surface area contributed by atoms with E-state index in [0.29, 0.717) is 18.6 Å². The van der Waals surface area contributed by atoms with Gasteiger partial charge in [-0.3, -0.25) is 4.90 Å². The van der Waals surface area contributed by atoms with Crippen LogP contribution in [0.4, 0.5) is 0 Å². The maximum atomic E-state index is 9.38. The first-order valence-electron chi connectivity index (χ1n) is 8.20. The molecule has 1 fully saturated rings. The number of likely N-dealkylation sites (tertiary alicyclic amines) is 1. The highest BCUT2D eigenvalue weighted by Crippen LogP contribution is 2.16. The van der Waals surface area contributed by atoms with Crippen LogP contribution in [0.1, 0.15) is 57.0 Å². The third-order valence-corrected chi connectivity index (χ3v) is 4.13. The van der Waals surface area contributed by atoms with E-state index in [2.05, 4.69) is 29.0 Å². The number of hydrogen-bond donors (Lipinski definition) is 2. The van der Waals surface area contributed by atoms with Gasteiger partial charge in [0.05, 0.1) is 12.3 Å². The molecule has 2 heterocycles. The Morgan fingerprint density at radius 3 is 3.05 bits per heavy atom. The van der Waals surface area contributed by atoms with Crippen molar-refractivity contribution >= 4 is 0 Å². The van der Waals surface area contributed by atoms with Crippen molar-refractivity contribution in [1.82, 2.24) is 15.2 Å². The number of aromatic nitrogens is 1. The second kappa shape index (κ2) is 8.51. The molecule has 0 saturated carbocycles. The molecule has 0 amide bonds. The predicted octanol–water partition coefficient (Wildman–Crippen LogP) is 2.12. The highest BCUT2D eigenvalue weighted by Gasteiger charge is 2.20. The number of nitrogens with zero attached hydrogens (tertiary/aromatic N) is 2. The maximum absolute atomic E-state index is 9.38. The van der Waals surface area contributed by atoms with E-state index in [9.17, 15) is 5.11 Å². The maximum Gasteiger partial charge on any atom is 0.196 e. The zero-order chi connectivity index (χ0) is 15.1. The fourth-order valence-corrected chi connectivity index (χ4v) is 2.85. The van der Waals surface area contributed by atoms with Crippen LogP contribution >= 0.6 is 0 Å². The SMILES string of the molecule is CC(C)c1nc(CNCCCN2CCCCC2CO)co1. The van der Waals surface area contributed by atoms with Crippen molar-refractivity contribution in [3.05, 3.63) is 17.8 Å². The average molecular weight is 295 g/mol. The fraction of sp³-hybridized carbons (Fsp3) is 0.812. The van der Waals surface area contributed by atoms with E-state index in [1.54, 1.807) is 6.26 Å². The van der Waals surface area contributed by atoms with Crippen LogP contribution in [0.25, 0.3) is 0 Å². The van der Waals surface area contributed by atoms with Gasteiger partial charge in [0.25, 0.3) is 0 Å². The molecule has 0 bridgehead atoms. The Balaban J connectivity index is 1.60. The van der Waals surface area contributed by atoms with Crippen LogP contribution in [0.2, 0.25) is 0 Å². The van der Waals surface area contributed by atoms with Crippen molar-refractivity contribution in [2.45, 2.75) is 58.0 Å². The number of piperidine rings is 1. The second-order valence-electron chi connectivity index (χ2n) is 6.23. The summed E-state index contributed by atoms with van der Waals surface area (Å²) in [6, 6.07) is 0.378. The smallest absolute Gasteiger partial charge is 0.196 e. The van der Waals surface area contributed by atoms with Crippen molar-refractivity contribution in [3.63, 3.8) is 0 Å². The summed E-state index contributed by atoms with van der Waals surface area (Å²) in [4.78, 5) is 6.88. The minimum atomic E-state index is 0.296. The lowest BCUT2D eigenvalue weighted by molar-refractivity contribution is 0.0892. The van der Waals surface area contributed by atoms with Crippen LogP contribution < -0.4 is 5.32 Å². The number of rotatable bonds is 8. The van der Waals surface area contributed by atoms with Crippen molar-refractivity contribution < 1.29 is 9.52 Å². The van der Waals surface area contributed by atoms with Crippen molar-refractivity contribution in [2.75, 3.05) is 26.2 Å². The molecule has 2 N–H and O–H groups in total. The molecule has 1 aromatic rings. The highest BCUT2D eigenvalue weighted by molar-refractivity contribution is 4.98. The number of hydrogen-bond acceptors (Lipinski definition) is 5. The minimum absolute atomic E-state index is 0.296. The summed E-state index contributed by atoms with van der Waals surface area (Å²) < 4.78 is 5.42. The summed E-state index contributed by atoms with van der Waals surface area (Å²) in [5, 5.41) is 12.8. The van der Waals surface area contributed by atoms with Gasteiger partial charge >= 0.3 is 0 Å². The molecule has 120 valence electrons. The summed E-state index contributed by atoms with van der Waals surface area (Å²) in [6.45, 7) is 8.39. The lowest BCUT2D eigenvalue weighted by Gasteiger charge is -2.34. The summed E-state index contributed by atoms with van der Waals surface area (Å²) >= 11 is 0. The third kappa shape index (κ3) is 5.09. The summed E-state index contributed by atoms with van der Waals surface area (Å²) in [6.07, 6.45) is 6.51. The minimum Gasteiger partial charge on any atom is -0.448 e. The van der Waals surface area contributed by atoms with Gasteiger partial charge in [0.2, 0.25) is 0 Å². The molecule has 1 saturated heterocycles. The monoisotopic (exact) mass is 295 g/mol. The molecular formula is C16H29N3O2. The molecule has 5 heteroatoms. The molecule has 1 aliphatic heterocycles. The lowest BCUT2D eigenvalue weighted by Crippen LogP contribution is -2.42. The molecule has 0 aliphatic carbocycles. The van der Waals surface area contributed by atoms with Crippen LogP contribution in [0.5, 0.6) is 0 Å². The molecule has 1 aliphatic rings. The largest absolute Gasteiger partial charge is 0.448 e. The van der Waals surface area contributed by atoms with E-state index in [1.807, 2.05) is 0 Å². The lowest BCUT2D eigenvalue weighted by atomic mass is 10.0. The molecule has 1 aromatic heterocycles. The van der Waals surface area contributed by atoms with Gasteiger partial charge < -0.3 is 14.8 Å². The highest BCUT2D eigenvalue weighted by atomic mass is 16.3. The average Bonchev–Trinajstić information content (AvgIpc) is 2.96. The van der Waals surface area contributed by atoms with Crippen molar-refractivity contribution in [2.24, 2.45) is 0 Å². The molecule has 5 nitrogen and oxygen atoms in total. The second-order valence-corrected chi connectivity index (χ2v) is 6.23. The number of aliphatic hydroxyl groups is 1. The van der Waals surface area contributed by atoms with E-state index < -0.39 is 0 Å². The fourth-order valence-electron chi connectivity index (χ4n) is 2.85. The van der Waals surface area contributed by atoms with E-state index in [-0.39, 0.29) is 0 Å². The van der Waals surface area contributed by atoms with Gasteiger partial charge in [0, 0.05) is 18.5 Å². The van der Waals surface area contributed by atoms with Crippen LogP contribution in [0.15, 0.2) is 10.7 Å². The summed E-state index contributed by atoms with van der Waals surface area (Å²) in [5.41, 5.74) is 0.977. The molecule has 21 heavy (non-hydrogen) atoms. The normalized spacial score (nSPS) is 20.3. The van der Waals surface area contributed by atoms with E-state index >= 15 is 0 Å². The Kier molecular flexibility index (Phi) is 6.67. The van der Waals surface area contributed by atoms with E-state index in [1.165, 1.54) is 12.8 Å². The summed E-state index contributed by atoms with van der Waals surface area (Å²) in [5.74, 6) is 1.15. The molecular weight excluding hydrogens is 266 g/mol. The first-order chi connectivity index (χ1) is 10.2. The first kappa shape index (κ1) is 16.5. The Labute approximate surface area is 127 Å². The van der Waals surface area contributed by atoms with Gasteiger partial charge in [0.1, 0.15) is 6.26 Å². The van der Waals surface area contributed by atoms with Crippen LogP contribution in [0, 0.1) is 0 Å². The van der Waals surface area contributed by atoms with E-state index in [4.69, 9.17) is 4.42 Å². The zero-order valence-corrected chi connectivity index (χ0v) is 13.3. The molecule has 1 atom stereocenters.